The molecule has 1 unspecified atom stereocenters. The fourth-order valence-corrected chi connectivity index (χ4v) is 2.48. The number of benzene rings is 1. The molecule has 1 aromatic rings. The van der Waals surface area contributed by atoms with Crippen molar-refractivity contribution >= 4 is 11.6 Å². The molecule has 1 amide bonds. The normalized spacial score (nSPS) is 16.3. The number of hydrogen-bond acceptors (Lipinski definition) is 4. The van der Waals surface area contributed by atoms with E-state index in [1.54, 1.807) is 25.3 Å². The molecule has 0 radical (unpaired) electrons. The van der Waals surface area contributed by atoms with Gasteiger partial charge >= 0.3 is 0 Å². The maximum absolute atomic E-state index is 12.5. The first-order valence-electron chi connectivity index (χ1n) is 8.08. The van der Waals surface area contributed by atoms with E-state index in [9.17, 15) is 10.1 Å². The van der Waals surface area contributed by atoms with Crippen LogP contribution in [0.3, 0.4) is 0 Å². The molecule has 0 aliphatic heterocycles. The van der Waals surface area contributed by atoms with Gasteiger partial charge in [-0.15, -0.1) is 0 Å². The highest BCUT2D eigenvalue weighted by molar-refractivity contribution is 5.97. The van der Waals surface area contributed by atoms with Crippen molar-refractivity contribution in [3.8, 4) is 11.8 Å². The summed E-state index contributed by atoms with van der Waals surface area (Å²) < 4.78 is 11.0. The van der Waals surface area contributed by atoms with E-state index in [1.807, 2.05) is 6.92 Å². The number of rotatable bonds is 8. The van der Waals surface area contributed by atoms with E-state index in [0.717, 1.165) is 25.7 Å². The van der Waals surface area contributed by atoms with Gasteiger partial charge in [-0.25, -0.2) is 0 Å². The average molecular weight is 316 g/mol. The number of hydrogen-bond donors (Lipinski definition) is 1. The SMILES string of the molecule is CCCCOc1ccc(NC(=O)C(C)(OC)C2CC2)cc1C#N. The highest BCUT2D eigenvalue weighted by atomic mass is 16.5. The lowest BCUT2D eigenvalue weighted by Crippen LogP contribution is -2.44. The van der Waals surface area contributed by atoms with Crippen molar-refractivity contribution in [3.05, 3.63) is 23.8 Å². The van der Waals surface area contributed by atoms with E-state index in [1.165, 1.54) is 0 Å². The van der Waals surface area contributed by atoms with Gasteiger partial charge in [0.15, 0.2) is 0 Å². The standard InChI is InChI=1S/C18H24N2O3/c1-4-5-10-23-16-9-8-15(11-13(16)12-19)20-17(21)18(2,22-3)14-6-7-14/h8-9,11,14H,4-7,10H2,1-3H3,(H,20,21). The summed E-state index contributed by atoms with van der Waals surface area (Å²) in [5.41, 5.74) is 0.186. The lowest BCUT2D eigenvalue weighted by molar-refractivity contribution is -0.138. The van der Waals surface area contributed by atoms with Gasteiger partial charge in [0.25, 0.3) is 5.91 Å². The number of carbonyl (C=O) groups is 1. The number of nitriles is 1. The fourth-order valence-electron chi connectivity index (χ4n) is 2.48. The summed E-state index contributed by atoms with van der Waals surface area (Å²) in [7, 11) is 1.56. The Hall–Kier alpha value is -2.06. The Balaban J connectivity index is 2.08. The summed E-state index contributed by atoms with van der Waals surface area (Å²) >= 11 is 0. The molecule has 1 aliphatic rings. The van der Waals surface area contributed by atoms with Gasteiger partial charge in [-0.3, -0.25) is 4.79 Å². The molecule has 23 heavy (non-hydrogen) atoms. The van der Waals surface area contributed by atoms with Crippen molar-refractivity contribution in [2.75, 3.05) is 19.0 Å². The topological polar surface area (TPSA) is 71.3 Å². The predicted octanol–water partition coefficient (Wildman–Crippen LogP) is 3.49. The maximum atomic E-state index is 12.5. The van der Waals surface area contributed by atoms with E-state index >= 15 is 0 Å². The number of ether oxygens (including phenoxy) is 2. The number of methoxy groups -OCH3 is 1. The smallest absolute Gasteiger partial charge is 0.256 e. The Labute approximate surface area is 137 Å². The molecule has 1 fully saturated rings. The molecule has 2 rings (SSSR count). The van der Waals surface area contributed by atoms with Gasteiger partial charge in [-0.05, 0) is 50.3 Å². The first-order chi connectivity index (χ1) is 11.0. The van der Waals surface area contributed by atoms with Crippen LogP contribution in [0.25, 0.3) is 0 Å². The zero-order chi connectivity index (χ0) is 16.9. The molecule has 5 nitrogen and oxygen atoms in total. The van der Waals surface area contributed by atoms with Gasteiger partial charge < -0.3 is 14.8 Å². The predicted molar refractivity (Wildman–Crippen MR) is 88.3 cm³/mol. The Morgan fingerprint density at radius 1 is 1.48 bits per heavy atom. The zero-order valence-corrected chi connectivity index (χ0v) is 14.0. The van der Waals surface area contributed by atoms with E-state index in [2.05, 4.69) is 18.3 Å². The van der Waals surface area contributed by atoms with Crippen molar-refractivity contribution in [2.45, 2.75) is 45.1 Å². The highest BCUT2D eigenvalue weighted by Gasteiger charge is 2.47. The van der Waals surface area contributed by atoms with Crippen molar-refractivity contribution < 1.29 is 14.3 Å². The highest BCUT2D eigenvalue weighted by Crippen LogP contribution is 2.42. The molecule has 1 saturated carbocycles. The van der Waals surface area contributed by atoms with Crippen molar-refractivity contribution in [1.29, 1.82) is 5.26 Å². The number of nitrogens with zero attached hydrogens (tertiary/aromatic N) is 1. The molecule has 1 N–H and O–H groups in total. The average Bonchev–Trinajstić information content (AvgIpc) is 3.40. The number of carbonyl (C=O) groups excluding carboxylic acids is 1. The quantitative estimate of drug-likeness (QED) is 0.745. The van der Waals surface area contributed by atoms with Crippen LogP contribution >= 0.6 is 0 Å². The molecular formula is C18H24N2O3. The van der Waals surface area contributed by atoms with Gasteiger partial charge in [0.2, 0.25) is 0 Å². The van der Waals surface area contributed by atoms with Crippen LogP contribution in [0.5, 0.6) is 5.75 Å². The van der Waals surface area contributed by atoms with Crippen LogP contribution in [0.4, 0.5) is 5.69 Å². The van der Waals surface area contributed by atoms with Gasteiger partial charge in [-0.2, -0.15) is 5.26 Å². The summed E-state index contributed by atoms with van der Waals surface area (Å²) in [6.07, 6.45) is 3.99. The third-order valence-corrected chi connectivity index (χ3v) is 4.34. The van der Waals surface area contributed by atoms with Gasteiger partial charge in [-0.1, -0.05) is 13.3 Å². The Kier molecular flexibility index (Phi) is 5.62. The third-order valence-electron chi connectivity index (χ3n) is 4.34. The van der Waals surface area contributed by atoms with Gasteiger partial charge in [0.1, 0.15) is 17.4 Å². The first-order valence-corrected chi connectivity index (χ1v) is 8.08. The molecule has 5 heteroatoms. The summed E-state index contributed by atoms with van der Waals surface area (Å²) in [6.45, 7) is 4.48. The van der Waals surface area contributed by atoms with Crippen LogP contribution in [0, 0.1) is 17.2 Å². The second-order valence-corrected chi connectivity index (χ2v) is 6.06. The van der Waals surface area contributed by atoms with E-state index in [-0.39, 0.29) is 11.8 Å². The minimum absolute atomic E-state index is 0.175. The number of amides is 1. The lowest BCUT2D eigenvalue weighted by Gasteiger charge is -2.26. The largest absolute Gasteiger partial charge is 0.492 e. The maximum Gasteiger partial charge on any atom is 0.256 e. The van der Waals surface area contributed by atoms with Crippen LogP contribution in [-0.2, 0) is 9.53 Å². The second-order valence-electron chi connectivity index (χ2n) is 6.06. The Bertz CT molecular complexity index is 605. The van der Waals surface area contributed by atoms with Crippen molar-refractivity contribution in [2.24, 2.45) is 5.92 Å². The first kappa shape index (κ1) is 17.3. The molecular weight excluding hydrogens is 292 g/mol. The number of anilines is 1. The molecule has 1 atom stereocenters. The number of nitrogens with one attached hydrogen (secondary N) is 1. The van der Waals surface area contributed by atoms with Crippen molar-refractivity contribution in [3.63, 3.8) is 0 Å². The van der Waals surface area contributed by atoms with Crippen LogP contribution in [-0.4, -0.2) is 25.2 Å². The van der Waals surface area contributed by atoms with Gasteiger partial charge in [0.05, 0.1) is 12.2 Å². The molecule has 0 aromatic heterocycles. The van der Waals surface area contributed by atoms with E-state index in [4.69, 9.17) is 9.47 Å². The monoisotopic (exact) mass is 316 g/mol. The second kappa shape index (κ2) is 7.47. The fraction of sp³-hybridized carbons (Fsp3) is 0.556. The van der Waals surface area contributed by atoms with E-state index in [0.29, 0.717) is 23.6 Å². The minimum Gasteiger partial charge on any atom is -0.492 e. The number of unbranched alkanes of at least 4 members (excludes halogenated alkanes) is 1. The molecule has 0 spiro atoms. The molecule has 0 bridgehead atoms. The molecule has 0 saturated heterocycles. The summed E-state index contributed by atoms with van der Waals surface area (Å²) in [6, 6.07) is 7.24. The lowest BCUT2D eigenvalue weighted by atomic mass is 9.99. The van der Waals surface area contributed by atoms with Gasteiger partial charge in [0, 0.05) is 12.8 Å². The van der Waals surface area contributed by atoms with Crippen LogP contribution in [0.15, 0.2) is 18.2 Å². The molecule has 0 heterocycles. The summed E-state index contributed by atoms with van der Waals surface area (Å²) in [5.74, 6) is 0.640. The summed E-state index contributed by atoms with van der Waals surface area (Å²) in [4.78, 5) is 12.5. The van der Waals surface area contributed by atoms with Crippen LogP contribution in [0.1, 0.15) is 45.1 Å². The third kappa shape index (κ3) is 4.02. The van der Waals surface area contributed by atoms with Crippen LogP contribution in [0.2, 0.25) is 0 Å². The molecule has 1 aliphatic carbocycles. The van der Waals surface area contributed by atoms with Crippen molar-refractivity contribution in [1.82, 2.24) is 0 Å². The van der Waals surface area contributed by atoms with E-state index < -0.39 is 5.60 Å². The molecule has 1 aromatic carbocycles. The van der Waals surface area contributed by atoms with Crippen LogP contribution < -0.4 is 10.1 Å². The minimum atomic E-state index is -0.816. The zero-order valence-electron chi connectivity index (χ0n) is 14.0. The molecule has 124 valence electrons. The summed E-state index contributed by atoms with van der Waals surface area (Å²) in [5, 5.41) is 12.1. The Morgan fingerprint density at radius 3 is 2.78 bits per heavy atom. The Morgan fingerprint density at radius 2 is 2.22 bits per heavy atom.